The summed E-state index contributed by atoms with van der Waals surface area (Å²) < 4.78 is 41.3. The lowest BCUT2D eigenvalue weighted by Crippen LogP contribution is -2.56. The molecule has 4 heterocycles. The molecule has 10 heteroatoms. The van der Waals surface area contributed by atoms with Gasteiger partial charge in [0, 0.05) is 38.6 Å². The second-order valence-electron chi connectivity index (χ2n) is 8.16. The molecular weight excluding hydrogens is 420 g/mol. The van der Waals surface area contributed by atoms with E-state index in [0.29, 0.717) is 58.8 Å². The van der Waals surface area contributed by atoms with E-state index in [1.807, 2.05) is 10.8 Å². The Hall–Kier alpha value is -2.27. The Labute approximate surface area is 181 Å². The highest BCUT2D eigenvalue weighted by atomic mass is 32.2. The SMILES string of the molecule is O=C([C@H]1Cn2ccnc2C2(CCN(S(=O)(=O)c3ccccc3)CC2)O1)N1CCOCC1. The number of carbonyl (C=O) groups excluding carboxylic acids is 1. The number of aromatic nitrogens is 2. The summed E-state index contributed by atoms with van der Waals surface area (Å²) in [5.74, 6) is 0.733. The van der Waals surface area contributed by atoms with Crippen LogP contribution in [-0.2, 0) is 36.4 Å². The van der Waals surface area contributed by atoms with E-state index >= 15 is 0 Å². The number of piperidine rings is 1. The van der Waals surface area contributed by atoms with Crippen molar-refractivity contribution in [2.45, 2.75) is 36.0 Å². The van der Waals surface area contributed by atoms with E-state index in [2.05, 4.69) is 4.98 Å². The molecule has 3 aliphatic rings. The Balaban J connectivity index is 1.36. The van der Waals surface area contributed by atoms with Crippen LogP contribution in [0.2, 0.25) is 0 Å². The number of hydrogen-bond donors (Lipinski definition) is 0. The van der Waals surface area contributed by atoms with E-state index in [9.17, 15) is 13.2 Å². The summed E-state index contributed by atoms with van der Waals surface area (Å²) >= 11 is 0. The summed E-state index contributed by atoms with van der Waals surface area (Å²) in [5.41, 5.74) is -0.767. The molecule has 31 heavy (non-hydrogen) atoms. The number of benzene rings is 1. The molecule has 2 aromatic rings. The van der Waals surface area contributed by atoms with Crippen LogP contribution < -0.4 is 0 Å². The van der Waals surface area contributed by atoms with Gasteiger partial charge in [-0.3, -0.25) is 4.79 Å². The van der Waals surface area contributed by atoms with Crippen LogP contribution >= 0.6 is 0 Å². The van der Waals surface area contributed by atoms with E-state index in [4.69, 9.17) is 9.47 Å². The third-order valence-corrected chi connectivity index (χ3v) is 8.28. The molecule has 1 aromatic heterocycles. The maximum Gasteiger partial charge on any atom is 0.253 e. The Kier molecular flexibility index (Phi) is 5.33. The lowest BCUT2D eigenvalue weighted by Gasteiger charge is -2.46. The molecule has 1 spiro atoms. The zero-order valence-corrected chi connectivity index (χ0v) is 18.0. The van der Waals surface area contributed by atoms with Gasteiger partial charge in [-0.25, -0.2) is 13.4 Å². The Morgan fingerprint density at radius 1 is 1.06 bits per heavy atom. The van der Waals surface area contributed by atoms with Crippen LogP contribution in [0.4, 0.5) is 0 Å². The third kappa shape index (κ3) is 3.67. The van der Waals surface area contributed by atoms with E-state index < -0.39 is 21.7 Å². The quantitative estimate of drug-likeness (QED) is 0.693. The largest absolute Gasteiger partial charge is 0.378 e. The van der Waals surface area contributed by atoms with Crippen LogP contribution in [-0.4, -0.2) is 78.6 Å². The third-order valence-electron chi connectivity index (χ3n) is 6.36. The average molecular weight is 447 g/mol. The van der Waals surface area contributed by atoms with Gasteiger partial charge in [0.25, 0.3) is 5.91 Å². The monoisotopic (exact) mass is 446 g/mol. The van der Waals surface area contributed by atoms with Crippen LogP contribution in [0.25, 0.3) is 0 Å². The molecule has 3 aliphatic heterocycles. The molecule has 5 rings (SSSR count). The van der Waals surface area contributed by atoms with E-state index in [1.54, 1.807) is 41.4 Å². The first-order valence-electron chi connectivity index (χ1n) is 10.6. The fourth-order valence-corrected chi connectivity index (χ4v) is 6.15. The molecule has 2 fully saturated rings. The van der Waals surface area contributed by atoms with Gasteiger partial charge < -0.3 is 18.9 Å². The number of imidazole rings is 1. The molecule has 0 N–H and O–H groups in total. The normalized spacial score (nSPS) is 24.1. The summed E-state index contributed by atoms with van der Waals surface area (Å²) in [7, 11) is -3.57. The van der Waals surface area contributed by atoms with Gasteiger partial charge in [0.05, 0.1) is 24.7 Å². The van der Waals surface area contributed by atoms with Crippen LogP contribution in [0.1, 0.15) is 18.7 Å². The highest BCUT2D eigenvalue weighted by Crippen LogP contribution is 2.41. The fourth-order valence-electron chi connectivity index (χ4n) is 4.68. The maximum atomic E-state index is 13.1. The highest BCUT2D eigenvalue weighted by Gasteiger charge is 2.49. The van der Waals surface area contributed by atoms with Gasteiger partial charge in [0.15, 0.2) is 6.10 Å². The summed E-state index contributed by atoms with van der Waals surface area (Å²) in [5, 5.41) is 0. The van der Waals surface area contributed by atoms with Crippen molar-refractivity contribution >= 4 is 15.9 Å². The molecule has 166 valence electrons. The molecular formula is C21H26N4O5S. The number of rotatable bonds is 3. The molecule has 0 bridgehead atoms. The van der Waals surface area contributed by atoms with Gasteiger partial charge in [-0.05, 0) is 25.0 Å². The van der Waals surface area contributed by atoms with Crippen molar-refractivity contribution in [2.75, 3.05) is 39.4 Å². The minimum absolute atomic E-state index is 0.0404. The Morgan fingerprint density at radius 2 is 1.77 bits per heavy atom. The molecule has 1 aromatic carbocycles. The highest BCUT2D eigenvalue weighted by molar-refractivity contribution is 7.89. The van der Waals surface area contributed by atoms with Crippen molar-refractivity contribution in [3.8, 4) is 0 Å². The van der Waals surface area contributed by atoms with Crippen molar-refractivity contribution in [1.29, 1.82) is 0 Å². The van der Waals surface area contributed by atoms with Crippen LogP contribution in [0.5, 0.6) is 0 Å². The van der Waals surface area contributed by atoms with Gasteiger partial charge in [0.1, 0.15) is 11.4 Å². The number of morpholine rings is 1. The number of carbonyl (C=O) groups is 1. The smallest absolute Gasteiger partial charge is 0.253 e. The molecule has 1 atom stereocenters. The predicted molar refractivity (Wildman–Crippen MR) is 111 cm³/mol. The van der Waals surface area contributed by atoms with Gasteiger partial charge in [0.2, 0.25) is 10.0 Å². The fraction of sp³-hybridized carbons (Fsp3) is 0.524. The number of fused-ring (bicyclic) bond motifs is 2. The van der Waals surface area contributed by atoms with E-state index in [-0.39, 0.29) is 10.8 Å². The van der Waals surface area contributed by atoms with Crippen molar-refractivity contribution in [3.63, 3.8) is 0 Å². The van der Waals surface area contributed by atoms with Gasteiger partial charge in [-0.2, -0.15) is 4.31 Å². The molecule has 2 saturated heterocycles. The van der Waals surface area contributed by atoms with Crippen LogP contribution in [0, 0.1) is 0 Å². The second kappa shape index (κ2) is 8.01. The minimum atomic E-state index is -3.57. The first-order valence-corrected chi connectivity index (χ1v) is 12.0. The number of sulfonamides is 1. The molecule has 0 aliphatic carbocycles. The van der Waals surface area contributed by atoms with Crippen LogP contribution in [0.15, 0.2) is 47.6 Å². The van der Waals surface area contributed by atoms with E-state index in [0.717, 1.165) is 5.82 Å². The number of hydrogen-bond acceptors (Lipinski definition) is 6. The number of ether oxygens (including phenoxy) is 2. The standard InChI is InChI=1S/C21H26N4O5S/c26-19(23-12-14-29-15-13-23)18-16-24-11-8-22-20(24)21(30-18)6-9-25(10-7-21)31(27,28)17-4-2-1-3-5-17/h1-5,8,11,18H,6-7,9-10,12-16H2/t18-/m1/s1. The predicted octanol–water partition coefficient (Wildman–Crippen LogP) is 0.821. The number of nitrogens with zero attached hydrogens (tertiary/aromatic N) is 4. The lowest BCUT2D eigenvalue weighted by molar-refractivity contribution is -0.181. The summed E-state index contributed by atoms with van der Waals surface area (Å²) in [4.78, 5) is 19.7. The first kappa shape index (κ1) is 20.6. The van der Waals surface area contributed by atoms with Gasteiger partial charge in [-0.15, -0.1) is 0 Å². The molecule has 0 saturated carbocycles. The zero-order valence-electron chi connectivity index (χ0n) is 17.2. The lowest BCUT2D eigenvalue weighted by atomic mass is 9.89. The zero-order chi connectivity index (χ0) is 21.5. The summed E-state index contributed by atoms with van der Waals surface area (Å²) in [6.45, 7) is 3.22. The summed E-state index contributed by atoms with van der Waals surface area (Å²) in [6.07, 6.45) is 3.87. The van der Waals surface area contributed by atoms with E-state index in [1.165, 1.54) is 4.31 Å². The molecule has 1 amide bonds. The second-order valence-corrected chi connectivity index (χ2v) is 10.1. The van der Waals surface area contributed by atoms with Crippen molar-refractivity contribution in [3.05, 3.63) is 48.5 Å². The van der Waals surface area contributed by atoms with Crippen LogP contribution in [0.3, 0.4) is 0 Å². The minimum Gasteiger partial charge on any atom is -0.378 e. The average Bonchev–Trinajstić information content (AvgIpc) is 3.30. The summed E-state index contributed by atoms with van der Waals surface area (Å²) in [6, 6.07) is 8.47. The van der Waals surface area contributed by atoms with Gasteiger partial charge >= 0.3 is 0 Å². The first-order chi connectivity index (χ1) is 15.0. The van der Waals surface area contributed by atoms with Gasteiger partial charge in [-0.1, -0.05) is 18.2 Å². The van der Waals surface area contributed by atoms with Crippen molar-refractivity contribution in [1.82, 2.24) is 18.8 Å². The molecule has 0 radical (unpaired) electrons. The van der Waals surface area contributed by atoms with Crippen molar-refractivity contribution < 1.29 is 22.7 Å². The molecule has 9 nitrogen and oxygen atoms in total. The van der Waals surface area contributed by atoms with Crippen molar-refractivity contribution in [2.24, 2.45) is 0 Å². The molecule has 0 unspecified atom stereocenters. The topological polar surface area (TPSA) is 94.0 Å². The Bertz CT molecular complexity index is 1040. The maximum absolute atomic E-state index is 13.1. The number of amides is 1. The Morgan fingerprint density at radius 3 is 2.48 bits per heavy atom.